The third kappa shape index (κ3) is 4.30. The highest BCUT2D eigenvalue weighted by Gasteiger charge is 2.66. The highest BCUT2D eigenvalue weighted by Crippen LogP contribution is 2.75. The molecule has 0 radical (unpaired) electrons. The normalized spacial score (nSPS) is 40.5. The summed E-state index contributed by atoms with van der Waals surface area (Å²) >= 11 is 0. The smallest absolute Gasteiger partial charge is 0.315 e. The van der Waals surface area contributed by atoms with Gasteiger partial charge in [0, 0.05) is 23.1 Å². The number of hydrogen-bond donors (Lipinski definition) is 4. The van der Waals surface area contributed by atoms with Crippen LogP contribution in [0.5, 0.6) is 0 Å². The Kier molecular flexibility index (Phi) is 7.18. The maximum absolute atomic E-state index is 12.9. The Balaban J connectivity index is 1.42. The second-order valence-corrected chi connectivity index (χ2v) is 14.3. The first-order valence-corrected chi connectivity index (χ1v) is 15.1. The molecule has 0 aromatic heterocycles. The molecule has 6 atom stereocenters. The molecule has 0 aliphatic heterocycles. The van der Waals surface area contributed by atoms with Crippen molar-refractivity contribution in [3.63, 3.8) is 0 Å². The van der Waals surface area contributed by atoms with Gasteiger partial charge in [0.15, 0.2) is 5.76 Å². The topological polar surface area (TPSA) is 108 Å². The van der Waals surface area contributed by atoms with Crippen molar-refractivity contribution in [2.75, 3.05) is 26.4 Å². The molecule has 5 aliphatic carbocycles. The van der Waals surface area contributed by atoms with Gasteiger partial charge in [0.25, 0.3) is 0 Å². The number of allylic oxidation sites excluding steroid dienone is 7. The highest BCUT2D eigenvalue weighted by molar-refractivity contribution is 6.06. The summed E-state index contributed by atoms with van der Waals surface area (Å²) in [5.41, 5.74) is 3.86. The van der Waals surface area contributed by atoms with Gasteiger partial charge in [-0.2, -0.15) is 0 Å². The van der Waals surface area contributed by atoms with Crippen molar-refractivity contribution in [1.82, 2.24) is 10.6 Å². The molecule has 0 saturated heterocycles. The molecule has 0 aromatic rings. The molecule has 3 fully saturated rings. The standard InChI is InChI=1S/C33H48N2O5/c1-21-22-7-8-25-31(4,23(22)19-24(37)27(21)38)12-14-33(6)26-20-30(3,35-28(39)34-15-17-40-18-16-36)11-9-29(26,2)10-13-32(25,33)5/h7-8,19,26,36,38H,9-18,20H2,1-6H3,(H2,34,35,39)/t26-,29-,30-,31+,32-,33+/m1/s1. The van der Waals surface area contributed by atoms with Crippen LogP contribution in [0.1, 0.15) is 86.5 Å². The first kappa shape index (κ1) is 29.1. The van der Waals surface area contributed by atoms with Crippen molar-refractivity contribution in [1.29, 1.82) is 0 Å². The van der Waals surface area contributed by atoms with Crippen LogP contribution in [-0.4, -0.2) is 53.9 Å². The van der Waals surface area contributed by atoms with E-state index >= 15 is 0 Å². The van der Waals surface area contributed by atoms with Crippen LogP contribution in [0.15, 0.2) is 46.3 Å². The Morgan fingerprint density at radius 3 is 2.48 bits per heavy atom. The molecule has 40 heavy (non-hydrogen) atoms. The van der Waals surface area contributed by atoms with E-state index in [1.54, 1.807) is 6.08 Å². The summed E-state index contributed by atoms with van der Waals surface area (Å²) in [6.07, 6.45) is 13.4. The van der Waals surface area contributed by atoms with E-state index in [0.717, 1.165) is 56.1 Å². The molecule has 4 N–H and O–H groups in total. The number of amides is 2. The summed E-state index contributed by atoms with van der Waals surface area (Å²) in [5.74, 6) is 0.0230. The molecule has 0 unspecified atom stereocenters. The van der Waals surface area contributed by atoms with Crippen LogP contribution in [0, 0.1) is 27.6 Å². The van der Waals surface area contributed by atoms with E-state index in [-0.39, 0.29) is 58.0 Å². The van der Waals surface area contributed by atoms with Gasteiger partial charge in [-0.15, -0.1) is 0 Å². The molecule has 7 heteroatoms. The van der Waals surface area contributed by atoms with Crippen molar-refractivity contribution in [3.8, 4) is 0 Å². The maximum atomic E-state index is 12.9. The SMILES string of the molecule is CC1=C(O)C(=O)C=C2C1=CC=C1[C@@]2(C)CC[C@@]2(C)[C@@H]3C[C@](C)(NC(=O)NCCOCCO)CC[C@]3(C)CC[C@]12C. The van der Waals surface area contributed by atoms with Crippen molar-refractivity contribution in [2.24, 2.45) is 27.6 Å². The zero-order chi connectivity index (χ0) is 29.1. The molecule has 5 rings (SSSR count). The lowest BCUT2D eigenvalue weighted by atomic mass is 9.35. The van der Waals surface area contributed by atoms with Gasteiger partial charge in [-0.05, 0) is 98.2 Å². The lowest BCUT2D eigenvalue weighted by Gasteiger charge is -2.70. The minimum atomic E-state index is -0.298. The van der Waals surface area contributed by atoms with Crippen molar-refractivity contribution < 1.29 is 24.5 Å². The van der Waals surface area contributed by atoms with Crippen LogP contribution in [0.2, 0.25) is 0 Å². The predicted molar refractivity (Wildman–Crippen MR) is 156 cm³/mol. The molecule has 0 heterocycles. The van der Waals surface area contributed by atoms with E-state index in [1.165, 1.54) is 5.57 Å². The summed E-state index contributed by atoms with van der Waals surface area (Å²) in [4.78, 5) is 25.6. The average molecular weight is 553 g/mol. The summed E-state index contributed by atoms with van der Waals surface area (Å²) < 4.78 is 5.28. The van der Waals surface area contributed by atoms with Crippen LogP contribution in [0.3, 0.4) is 0 Å². The Labute approximate surface area is 239 Å². The molecule has 0 aromatic carbocycles. The van der Waals surface area contributed by atoms with Crippen LogP contribution >= 0.6 is 0 Å². The second-order valence-electron chi connectivity index (χ2n) is 14.3. The fourth-order valence-corrected chi connectivity index (χ4v) is 9.29. The Bertz CT molecular complexity index is 1230. The first-order chi connectivity index (χ1) is 18.7. The third-order valence-electron chi connectivity index (χ3n) is 12.1. The number of urea groups is 1. The molecule has 220 valence electrons. The van der Waals surface area contributed by atoms with E-state index in [1.807, 2.05) is 6.92 Å². The van der Waals surface area contributed by atoms with Crippen molar-refractivity contribution >= 4 is 11.8 Å². The number of ketones is 1. The summed E-state index contributed by atoms with van der Waals surface area (Å²) in [6.45, 7) is 14.8. The summed E-state index contributed by atoms with van der Waals surface area (Å²) in [7, 11) is 0. The van der Waals surface area contributed by atoms with Gasteiger partial charge >= 0.3 is 6.03 Å². The number of hydrogen-bond acceptors (Lipinski definition) is 5. The van der Waals surface area contributed by atoms with Crippen LogP contribution in [0.4, 0.5) is 4.79 Å². The first-order valence-electron chi connectivity index (χ1n) is 15.1. The number of aliphatic hydroxyl groups is 2. The number of ether oxygens (including phenoxy) is 1. The lowest BCUT2D eigenvalue weighted by molar-refractivity contribution is -0.152. The Morgan fingerprint density at radius 1 is 1.02 bits per heavy atom. The third-order valence-corrected chi connectivity index (χ3v) is 12.1. The maximum Gasteiger partial charge on any atom is 0.315 e. The van der Waals surface area contributed by atoms with E-state index in [2.05, 4.69) is 57.4 Å². The van der Waals surface area contributed by atoms with E-state index in [9.17, 15) is 14.7 Å². The number of aliphatic hydroxyl groups excluding tert-OH is 2. The van der Waals surface area contributed by atoms with Crippen LogP contribution < -0.4 is 10.6 Å². The van der Waals surface area contributed by atoms with E-state index in [4.69, 9.17) is 9.84 Å². The fraction of sp³-hybridized carbons (Fsp3) is 0.697. The number of carbonyl (C=O) groups excluding carboxylic acids is 2. The van der Waals surface area contributed by atoms with Gasteiger partial charge in [-0.25, -0.2) is 4.79 Å². The van der Waals surface area contributed by atoms with Crippen LogP contribution in [-0.2, 0) is 9.53 Å². The number of nitrogens with one attached hydrogen (secondary N) is 2. The number of rotatable bonds is 6. The Hall–Kier alpha value is -2.38. The average Bonchev–Trinajstić information content (AvgIpc) is 2.90. The monoisotopic (exact) mass is 552 g/mol. The second kappa shape index (κ2) is 9.87. The zero-order valence-electron chi connectivity index (χ0n) is 25.2. The molecular formula is C33H48N2O5. The molecule has 7 nitrogen and oxygen atoms in total. The summed E-state index contributed by atoms with van der Waals surface area (Å²) in [5, 5.41) is 25.5. The van der Waals surface area contributed by atoms with E-state index in [0.29, 0.717) is 24.6 Å². The Morgan fingerprint density at radius 2 is 1.75 bits per heavy atom. The lowest BCUT2D eigenvalue weighted by Crippen LogP contribution is -2.64. The molecule has 5 aliphatic rings. The quantitative estimate of drug-likeness (QED) is 0.318. The van der Waals surface area contributed by atoms with E-state index < -0.39 is 0 Å². The molecule has 0 spiro atoms. The zero-order valence-corrected chi connectivity index (χ0v) is 25.2. The van der Waals surface area contributed by atoms with Gasteiger partial charge in [0.1, 0.15) is 0 Å². The molecule has 0 bridgehead atoms. The van der Waals surface area contributed by atoms with Gasteiger partial charge < -0.3 is 25.6 Å². The highest BCUT2D eigenvalue weighted by atomic mass is 16.5. The number of carbonyl (C=O) groups is 2. The van der Waals surface area contributed by atoms with Gasteiger partial charge in [-0.1, -0.05) is 45.4 Å². The minimum absolute atomic E-state index is 0.0222. The minimum Gasteiger partial charge on any atom is -0.504 e. The van der Waals surface area contributed by atoms with Crippen molar-refractivity contribution in [2.45, 2.75) is 92.0 Å². The van der Waals surface area contributed by atoms with Crippen molar-refractivity contribution in [3.05, 3.63) is 46.3 Å². The predicted octanol–water partition coefficient (Wildman–Crippen LogP) is 5.67. The molecule has 3 saturated carbocycles. The van der Waals surface area contributed by atoms with Gasteiger partial charge in [0.05, 0.1) is 19.8 Å². The molecule has 2 amide bonds. The molecular weight excluding hydrogens is 504 g/mol. The van der Waals surface area contributed by atoms with Gasteiger partial charge in [-0.3, -0.25) is 4.79 Å². The van der Waals surface area contributed by atoms with Gasteiger partial charge in [0.2, 0.25) is 5.78 Å². The summed E-state index contributed by atoms with van der Waals surface area (Å²) in [6, 6.07) is -0.160. The largest absolute Gasteiger partial charge is 0.504 e. The number of fused-ring (bicyclic) bond motifs is 7. The fourth-order valence-electron chi connectivity index (χ4n) is 9.29. The van der Waals surface area contributed by atoms with Crippen LogP contribution in [0.25, 0.3) is 0 Å².